The molecule has 2 N–H and O–H groups in total. The third-order valence-corrected chi connectivity index (χ3v) is 2.43. The molecule has 1 aromatic heterocycles. The molecule has 2 rings (SSSR count). The fourth-order valence-electron chi connectivity index (χ4n) is 1.71. The Morgan fingerprint density at radius 1 is 1.38 bits per heavy atom. The van der Waals surface area contributed by atoms with Crippen LogP contribution in [0.1, 0.15) is 5.69 Å². The SMILES string of the molecule is CNCc1cn(C)c(-c2ccccc2O)n1. The summed E-state index contributed by atoms with van der Waals surface area (Å²) in [4.78, 5) is 4.47. The first-order valence-corrected chi connectivity index (χ1v) is 5.17. The van der Waals surface area contributed by atoms with Gasteiger partial charge in [0, 0.05) is 19.8 Å². The Morgan fingerprint density at radius 3 is 2.81 bits per heavy atom. The van der Waals surface area contributed by atoms with Crippen molar-refractivity contribution in [3.63, 3.8) is 0 Å². The molecule has 0 bridgehead atoms. The first-order chi connectivity index (χ1) is 7.72. The molecular formula is C12H15N3O. The van der Waals surface area contributed by atoms with E-state index in [2.05, 4.69) is 10.3 Å². The summed E-state index contributed by atoms with van der Waals surface area (Å²) >= 11 is 0. The van der Waals surface area contributed by atoms with E-state index in [0.717, 1.165) is 23.6 Å². The Morgan fingerprint density at radius 2 is 2.12 bits per heavy atom. The number of nitrogens with one attached hydrogen (secondary N) is 1. The average molecular weight is 217 g/mol. The van der Waals surface area contributed by atoms with E-state index in [0.29, 0.717) is 0 Å². The van der Waals surface area contributed by atoms with E-state index >= 15 is 0 Å². The highest BCUT2D eigenvalue weighted by Gasteiger charge is 2.10. The molecule has 0 atom stereocenters. The van der Waals surface area contributed by atoms with Crippen molar-refractivity contribution in [2.75, 3.05) is 7.05 Å². The van der Waals surface area contributed by atoms with Crippen molar-refractivity contribution in [3.05, 3.63) is 36.2 Å². The number of rotatable bonds is 3. The maximum absolute atomic E-state index is 9.76. The molecule has 1 heterocycles. The largest absolute Gasteiger partial charge is 0.507 e. The lowest BCUT2D eigenvalue weighted by Gasteiger charge is -2.03. The first kappa shape index (κ1) is 10.7. The molecule has 0 aliphatic heterocycles. The molecule has 4 heteroatoms. The minimum Gasteiger partial charge on any atom is -0.507 e. The first-order valence-electron chi connectivity index (χ1n) is 5.17. The molecule has 0 saturated heterocycles. The number of aryl methyl sites for hydroxylation is 1. The maximum Gasteiger partial charge on any atom is 0.143 e. The second kappa shape index (κ2) is 4.37. The lowest BCUT2D eigenvalue weighted by atomic mass is 10.2. The smallest absolute Gasteiger partial charge is 0.143 e. The van der Waals surface area contributed by atoms with Crippen molar-refractivity contribution in [2.24, 2.45) is 7.05 Å². The van der Waals surface area contributed by atoms with E-state index in [4.69, 9.17) is 0 Å². The summed E-state index contributed by atoms with van der Waals surface area (Å²) in [5, 5.41) is 12.8. The molecule has 4 nitrogen and oxygen atoms in total. The minimum atomic E-state index is 0.257. The molecule has 0 unspecified atom stereocenters. The van der Waals surface area contributed by atoms with Gasteiger partial charge in [0.15, 0.2) is 0 Å². The predicted octanol–water partition coefficient (Wildman–Crippen LogP) is 1.51. The van der Waals surface area contributed by atoms with Crippen LogP contribution in [0.25, 0.3) is 11.4 Å². The topological polar surface area (TPSA) is 50.1 Å². The molecule has 0 aliphatic rings. The number of aromatic nitrogens is 2. The molecule has 0 radical (unpaired) electrons. The molecule has 2 aromatic rings. The van der Waals surface area contributed by atoms with Crippen molar-refractivity contribution >= 4 is 0 Å². The predicted molar refractivity (Wildman–Crippen MR) is 63.1 cm³/mol. The van der Waals surface area contributed by atoms with Gasteiger partial charge in [-0.25, -0.2) is 4.98 Å². The van der Waals surface area contributed by atoms with Crippen molar-refractivity contribution in [3.8, 4) is 17.1 Å². The third kappa shape index (κ3) is 1.92. The Labute approximate surface area is 94.6 Å². The minimum absolute atomic E-state index is 0.257. The van der Waals surface area contributed by atoms with Crippen LogP contribution in [-0.2, 0) is 13.6 Å². The number of hydrogen-bond donors (Lipinski definition) is 2. The van der Waals surface area contributed by atoms with Crippen LogP contribution in [-0.4, -0.2) is 21.7 Å². The van der Waals surface area contributed by atoms with Crippen LogP contribution in [0.4, 0.5) is 0 Å². The van der Waals surface area contributed by atoms with E-state index < -0.39 is 0 Å². The van der Waals surface area contributed by atoms with Gasteiger partial charge in [-0.05, 0) is 19.2 Å². The Balaban J connectivity index is 2.44. The highest BCUT2D eigenvalue weighted by Crippen LogP contribution is 2.27. The van der Waals surface area contributed by atoms with E-state index in [1.54, 1.807) is 12.1 Å². The van der Waals surface area contributed by atoms with Gasteiger partial charge in [-0.1, -0.05) is 12.1 Å². The number of phenols is 1. The van der Waals surface area contributed by atoms with Gasteiger partial charge in [-0.2, -0.15) is 0 Å². The standard InChI is InChI=1S/C12H15N3O/c1-13-7-9-8-15(2)12(14-9)10-5-3-4-6-11(10)16/h3-6,8,13,16H,7H2,1-2H3. The van der Waals surface area contributed by atoms with Crippen LogP contribution in [0.3, 0.4) is 0 Å². The number of aromatic hydroxyl groups is 1. The molecule has 84 valence electrons. The molecule has 16 heavy (non-hydrogen) atoms. The molecule has 0 saturated carbocycles. The Hall–Kier alpha value is -1.81. The average Bonchev–Trinajstić information content (AvgIpc) is 2.61. The van der Waals surface area contributed by atoms with Crippen LogP contribution in [0.2, 0.25) is 0 Å². The fourth-order valence-corrected chi connectivity index (χ4v) is 1.71. The van der Waals surface area contributed by atoms with Crippen LogP contribution in [0.5, 0.6) is 5.75 Å². The van der Waals surface area contributed by atoms with Gasteiger partial charge in [0.25, 0.3) is 0 Å². The lowest BCUT2D eigenvalue weighted by molar-refractivity contribution is 0.476. The van der Waals surface area contributed by atoms with Crippen LogP contribution in [0.15, 0.2) is 30.5 Å². The van der Waals surface area contributed by atoms with E-state index in [9.17, 15) is 5.11 Å². The van der Waals surface area contributed by atoms with Crippen LogP contribution >= 0.6 is 0 Å². The zero-order chi connectivity index (χ0) is 11.5. The third-order valence-electron chi connectivity index (χ3n) is 2.43. The van der Waals surface area contributed by atoms with Crippen LogP contribution < -0.4 is 5.32 Å². The van der Waals surface area contributed by atoms with Gasteiger partial charge in [0.2, 0.25) is 0 Å². The molecular weight excluding hydrogens is 202 g/mol. The van der Waals surface area contributed by atoms with Gasteiger partial charge in [0.1, 0.15) is 11.6 Å². The maximum atomic E-state index is 9.76. The number of para-hydroxylation sites is 1. The molecule has 0 aliphatic carbocycles. The van der Waals surface area contributed by atoms with Gasteiger partial charge < -0.3 is 15.0 Å². The summed E-state index contributed by atoms with van der Waals surface area (Å²) in [6, 6.07) is 7.22. The number of benzene rings is 1. The monoisotopic (exact) mass is 217 g/mol. The number of imidazole rings is 1. The van der Waals surface area contributed by atoms with Crippen LogP contribution in [0, 0.1) is 0 Å². The van der Waals surface area contributed by atoms with Crippen molar-refractivity contribution in [1.82, 2.24) is 14.9 Å². The van der Waals surface area contributed by atoms with Gasteiger partial charge in [-0.3, -0.25) is 0 Å². The number of nitrogens with zero attached hydrogens (tertiary/aromatic N) is 2. The molecule has 0 fully saturated rings. The summed E-state index contributed by atoms with van der Waals surface area (Å²) < 4.78 is 1.92. The van der Waals surface area contributed by atoms with Gasteiger partial charge >= 0.3 is 0 Å². The van der Waals surface area contributed by atoms with Crippen molar-refractivity contribution in [1.29, 1.82) is 0 Å². The number of hydrogen-bond acceptors (Lipinski definition) is 3. The summed E-state index contributed by atoms with van der Waals surface area (Å²) in [7, 11) is 3.81. The summed E-state index contributed by atoms with van der Waals surface area (Å²) in [5.41, 5.74) is 1.72. The zero-order valence-corrected chi connectivity index (χ0v) is 9.44. The highest BCUT2D eigenvalue weighted by molar-refractivity contribution is 5.64. The van der Waals surface area contributed by atoms with Gasteiger partial charge in [-0.15, -0.1) is 0 Å². The zero-order valence-electron chi connectivity index (χ0n) is 9.44. The number of phenolic OH excluding ortho intramolecular Hbond substituents is 1. The molecule has 1 aromatic carbocycles. The second-order valence-corrected chi connectivity index (χ2v) is 3.71. The van der Waals surface area contributed by atoms with Crippen molar-refractivity contribution in [2.45, 2.75) is 6.54 Å². The highest BCUT2D eigenvalue weighted by atomic mass is 16.3. The quantitative estimate of drug-likeness (QED) is 0.819. The van der Waals surface area contributed by atoms with Crippen molar-refractivity contribution < 1.29 is 5.11 Å². The summed E-state index contributed by atoms with van der Waals surface area (Å²) in [6.45, 7) is 0.724. The Kier molecular flexibility index (Phi) is 2.92. The molecule has 0 amide bonds. The van der Waals surface area contributed by atoms with E-state index in [-0.39, 0.29) is 5.75 Å². The normalized spacial score (nSPS) is 10.6. The summed E-state index contributed by atoms with van der Waals surface area (Å²) in [5.74, 6) is 1.04. The fraction of sp³-hybridized carbons (Fsp3) is 0.250. The second-order valence-electron chi connectivity index (χ2n) is 3.71. The lowest BCUT2D eigenvalue weighted by Crippen LogP contribution is -2.04. The molecule has 0 spiro atoms. The van der Waals surface area contributed by atoms with E-state index in [1.807, 2.05) is 37.0 Å². The van der Waals surface area contributed by atoms with E-state index in [1.165, 1.54) is 0 Å². The summed E-state index contributed by atoms with van der Waals surface area (Å²) in [6.07, 6.45) is 1.96. The Bertz CT molecular complexity index is 491. The van der Waals surface area contributed by atoms with Gasteiger partial charge in [0.05, 0.1) is 11.3 Å².